The van der Waals surface area contributed by atoms with Gasteiger partial charge in [0, 0.05) is 13.7 Å². The van der Waals surface area contributed by atoms with Crippen LogP contribution < -0.4 is 10.1 Å². The SMILES string of the molecule is COCC1C(=O)NCC(Cc2cc(O)ccc2OC)C(=O)N1S(=O)(=O)c1ccc(O)cc1. The summed E-state index contributed by atoms with van der Waals surface area (Å²) in [6.07, 6.45) is 0.0119. The highest BCUT2D eigenvalue weighted by atomic mass is 32.2. The number of phenols is 2. The van der Waals surface area contributed by atoms with Crippen LogP contribution in [0.4, 0.5) is 0 Å². The largest absolute Gasteiger partial charge is 0.508 e. The van der Waals surface area contributed by atoms with E-state index in [2.05, 4.69) is 5.32 Å². The van der Waals surface area contributed by atoms with Crippen LogP contribution in [0.3, 0.4) is 0 Å². The zero-order valence-electron chi connectivity index (χ0n) is 17.5. The average Bonchev–Trinajstić information content (AvgIpc) is 2.86. The van der Waals surface area contributed by atoms with Gasteiger partial charge in [0.15, 0.2) is 0 Å². The third-order valence-corrected chi connectivity index (χ3v) is 6.94. The summed E-state index contributed by atoms with van der Waals surface area (Å²) < 4.78 is 37.6. The third-order valence-electron chi connectivity index (χ3n) is 5.12. The molecular weight excluding hydrogens is 440 g/mol. The Hall–Kier alpha value is -3.31. The normalized spacial score (nSPS) is 19.4. The third kappa shape index (κ3) is 4.63. The standard InChI is InChI=1S/C21H24N2O8S/c1-30-12-18-20(26)22-11-14(9-13-10-16(25)5-8-19(13)31-2)21(27)23(18)32(28,29)17-6-3-15(24)4-7-17/h3-8,10,14,18,24-25H,9,11-12H2,1-2H3,(H,22,26). The molecule has 0 aromatic heterocycles. The van der Waals surface area contributed by atoms with E-state index in [-0.39, 0.29) is 36.0 Å². The van der Waals surface area contributed by atoms with E-state index < -0.39 is 33.8 Å². The van der Waals surface area contributed by atoms with Gasteiger partial charge in [-0.1, -0.05) is 0 Å². The number of benzene rings is 2. The van der Waals surface area contributed by atoms with Crippen molar-refractivity contribution in [3.8, 4) is 17.2 Å². The van der Waals surface area contributed by atoms with Crippen molar-refractivity contribution in [1.82, 2.24) is 9.62 Å². The summed E-state index contributed by atoms with van der Waals surface area (Å²) in [5.74, 6) is -2.21. The number of methoxy groups -OCH3 is 2. The number of amides is 2. The average molecular weight is 464 g/mol. The van der Waals surface area contributed by atoms with Crippen LogP contribution in [0.15, 0.2) is 47.4 Å². The summed E-state index contributed by atoms with van der Waals surface area (Å²) >= 11 is 0. The number of nitrogens with zero attached hydrogens (tertiary/aromatic N) is 1. The molecular formula is C21H24N2O8S. The van der Waals surface area contributed by atoms with E-state index in [1.165, 1.54) is 44.6 Å². The summed E-state index contributed by atoms with van der Waals surface area (Å²) in [7, 11) is -1.73. The molecule has 2 aromatic carbocycles. The second-order valence-electron chi connectivity index (χ2n) is 7.25. The van der Waals surface area contributed by atoms with E-state index in [0.29, 0.717) is 15.6 Å². The van der Waals surface area contributed by atoms with Crippen LogP contribution in [-0.4, -0.2) is 68.2 Å². The lowest BCUT2D eigenvalue weighted by molar-refractivity contribution is -0.136. The van der Waals surface area contributed by atoms with Crippen molar-refractivity contribution < 1.29 is 37.7 Å². The number of hydrogen-bond donors (Lipinski definition) is 3. The number of rotatable bonds is 7. The lowest BCUT2D eigenvalue weighted by Crippen LogP contribution is -2.52. The number of sulfonamides is 1. The number of hydrogen-bond acceptors (Lipinski definition) is 8. The fraction of sp³-hybridized carbons (Fsp3) is 0.333. The smallest absolute Gasteiger partial charge is 0.267 e. The minimum atomic E-state index is -4.45. The summed E-state index contributed by atoms with van der Waals surface area (Å²) in [6, 6.07) is 7.62. The van der Waals surface area contributed by atoms with Gasteiger partial charge in [0.05, 0.1) is 24.5 Å². The fourth-order valence-corrected chi connectivity index (χ4v) is 5.12. The van der Waals surface area contributed by atoms with Gasteiger partial charge in [0.1, 0.15) is 23.3 Å². The second kappa shape index (κ2) is 9.45. The van der Waals surface area contributed by atoms with Crippen LogP contribution in [0.1, 0.15) is 5.56 Å². The topological polar surface area (TPSA) is 142 Å². The highest BCUT2D eigenvalue weighted by Gasteiger charge is 2.45. The summed E-state index contributed by atoms with van der Waals surface area (Å²) in [5.41, 5.74) is 0.479. The van der Waals surface area contributed by atoms with Gasteiger partial charge in [-0.3, -0.25) is 9.59 Å². The van der Waals surface area contributed by atoms with Crippen LogP contribution >= 0.6 is 0 Å². The van der Waals surface area contributed by atoms with Crippen molar-refractivity contribution in [2.24, 2.45) is 5.92 Å². The lowest BCUT2D eigenvalue weighted by Gasteiger charge is -2.29. The van der Waals surface area contributed by atoms with E-state index in [0.717, 1.165) is 12.1 Å². The maximum absolute atomic E-state index is 13.5. The number of nitrogens with one attached hydrogen (secondary N) is 1. The Morgan fingerprint density at radius 1 is 1.06 bits per heavy atom. The van der Waals surface area contributed by atoms with Crippen LogP contribution in [0.25, 0.3) is 0 Å². The first-order valence-electron chi connectivity index (χ1n) is 9.69. The van der Waals surface area contributed by atoms with Gasteiger partial charge in [-0.2, -0.15) is 0 Å². The second-order valence-corrected chi connectivity index (χ2v) is 9.06. The van der Waals surface area contributed by atoms with Gasteiger partial charge in [-0.15, -0.1) is 0 Å². The number of carbonyl (C=O) groups is 2. The van der Waals surface area contributed by atoms with Crippen LogP contribution in [0.2, 0.25) is 0 Å². The quantitative estimate of drug-likeness (QED) is 0.542. The molecule has 1 aliphatic heterocycles. The van der Waals surface area contributed by atoms with E-state index in [9.17, 15) is 28.2 Å². The van der Waals surface area contributed by atoms with Crippen molar-refractivity contribution in [1.29, 1.82) is 0 Å². The molecule has 10 nitrogen and oxygen atoms in total. The highest BCUT2D eigenvalue weighted by molar-refractivity contribution is 7.89. The minimum absolute atomic E-state index is 0.0119. The molecule has 3 N–H and O–H groups in total. The minimum Gasteiger partial charge on any atom is -0.508 e. The molecule has 0 bridgehead atoms. The van der Waals surface area contributed by atoms with Crippen molar-refractivity contribution >= 4 is 21.8 Å². The van der Waals surface area contributed by atoms with Gasteiger partial charge in [-0.25, -0.2) is 12.7 Å². The monoisotopic (exact) mass is 464 g/mol. The molecule has 1 heterocycles. The first kappa shape index (κ1) is 23.4. The highest BCUT2D eigenvalue weighted by Crippen LogP contribution is 2.29. The summed E-state index contributed by atoms with van der Waals surface area (Å²) in [6.45, 7) is -0.449. The molecule has 1 aliphatic rings. The van der Waals surface area contributed by atoms with Crippen molar-refractivity contribution in [3.63, 3.8) is 0 Å². The van der Waals surface area contributed by atoms with Crippen LogP contribution in [-0.2, 0) is 30.8 Å². The van der Waals surface area contributed by atoms with Gasteiger partial charge < -0.3 is 25.0 Å². The number of ether oxygens (including phenoxy) is 2. The lowest BCUT2D eigenvalue weighted by atomic mass is 9.97. The fourth-order valence-electron chi connectivity index (χ4n) is 3.54. The zero-order chi connectivity index (χ0) is 23.5. The zero-order valence-corrected chi connectivity index (χ0v) is 18.3. The maximum atomic E-state index is 13.5. The van der Waals surface area contributed by atoms with Crippen molar-refractivity contribution in [3.05, 3.63) is 48.0 Å². The number of aromatic hydroxyl groups is 2. The van der Waals surface area contributed by atoms with Crippen molar-refractivity contribution in [2.75, 3.05) is 27.4 Å². The molecule has 0 radical (unpaired) electrons. The molecule has 11 heteroatoms. The van der Waals surface area contributed by atoms with E-state index in [1.54, 1.807) is 0 Å². The predicted octanol–water partition coefficient (Wildman–Crippen LogP) is 0.627. The Morgan fingerprint density at radius 3 is 2.34 bits per heavy atom. The first-order valence-corrected chi connectivity index (χ1v) is 11.1. The van der Waals surface area contributed by atoms with Crippen LogP contribution in [0, 0.1) is 5.92 Å². The molecule has 0 aliphatic carbocycles. The van der Waals surface area contributed by atoms with E-state index >= 15 is 0 Å². The molecule has 0 saturated carbocycles. The molecule has 3 rings (SSSR count). The maximum Gasteiger partial charge on any atom is 0.267 e. The van der Waals surface area contributed by atoms with Gasteiger partial charge >= 0.3 is 0 Å². The molecule has 1 saturated heterocycles. The summed E-state index contributed by atoms with van der Waals surface area (Å²) in [4.78, 5) is 26.0. The van der Waals surface area contributed by atoms with E-state index in [1.807, 2.05) is 0 Å². The Balaban J connectivity index is 2.05. The summed E-state index contributed by atoms with van der Waals surface area (Å²) in [5, 5.41) is 21.9. The Labute approximate surface area is 185 Å². The molecule has 2 atom stereocenters. The molecule has 1 fully saturated rings. The Kier molecular flexibility index (Phi) is 6.90. The molecule has 32 heavy (non-hydrogen) atoms. The Bertz CT molecular complexity index is 1100. The molecule has 0 spiro atoms. The molecule has 2 aromatic rings. The molecule has 172 valence electrons. The van der Waals surface area contributed by atoms with Crippen molar-refractivity contribution in [2.45, 2.75) is 17.4 Å². The molecule has 2 amide bonds. The number of phenolic OH excluding ortho intramolecular Hbond substituents is 2. The van der Waals surface area contributed by atoms with Crippen LogP contribution in [0.5, 0.6) is 17.2 Å². The number of carbonyl (C=O) groups excluding carboxylic acids is 2. The Morgan fingerprint density at radius 2 is 1.72 bits per heavy atom. The van der Waals surface area contributed by atoms with Gasteiger partial charge in [-0.05, 0) is 54.4 Å². The predicted molar refractivity (Wildman–Crippen MR) is 113 cm³/mol. The first-order chi connectivity index (χ1) is 15.2. The van der Waals surface area contributed by atoms with E-state index in [4.69, 9.17) is 9.47 Å². The van der Waals surface area contributed by atoms with Gasteiger partial charge in [0.2, 0.25) is 11.8 Å². The van der Waals surface area contributed by atoms with Gasteiger partial charge in [0.25, 0.3) is 10.0 Å². The molecule has 2 unspecified atom stereocenters.